The number of likely N-dealkylation sites (N-methyl/N-ethyl adjacent to an activating group) is 1. The lowest BCUT2D eigenvalue weighted by Gasteiger charge is -2.21. The molecule has 0 aromatic rings. The van der Waals surface area contributed by atoms with Gasteiger partial charge in [0.15, 0.2) is 0 Å². The van der Waals surface area contributed by atoms with Gasteiger partial charge in [-0.05, 0) is 20.0 Å². The molecule has 0 saturated heterocycles. The van der Waals surface area contributed by atoms with Gasteiger partial charge in [-0.25, -0.2) is 0 Å². The number of rotatable bonds is 5. The minimum Gasteiger partial charge on any atom is -0.424 e. The van der Waals surface area contributed by atoms with Crippen LogP contribution in [-0.2, 0) is 4.43 Å². The molecule has 2 nitrogen and oxygen atoms in total. The molecule has 62 valence electrons. The van der Waals surface area contributed by atoms with E-state index in [1.54, 1.807) is 0 Å². The van der Waals surface area contributed by atoms with Crippen LogP contribution >= 0.6 is 0 Å². The summed E-state index contributed by atoms with van der Waals surface area (Å²) >= 11 is 0. The monoisotopic (exact) mass is 161 g/mol. The molecule has 1 atom stereocenters. The van der Waals surface area contributed by atoms with E-state index in [1.165, 1.54) is 0 Å². The Kier molecular flexibility index (Phi) is 5.97. The summed E-state index contributed by atoms with van der Waals surface area (Å²) < 4.78 is 5.28. The molecule has 0 aliphatic carbocycles. The van der Waals surface area contributed by atoms with Gasteiger partial charge in [0.25, 0.3) is 0 Å². The fourth-order valence-corrected chi connectivity index (χ4v) is 1.07. The SMILES string of the molecule is CCN(CC)CC(C)O[SiH3]. The van der Waals surface area contributed by atoms with Crippen molar-refractivity contribution < 1.29 is 4.43 Å². The van der Waals surface area contributed by atoms with Gasteiger partial charge in [-0.1, -0.05) is 13.8 Å². The van der Waals surface area contributed by atoms with E-state index in [1.807, 2.05) is 0 Å². The zero-order valence-electron chi connectivity index (χ0n) is 7.55. The summed E-state index contributed by atoms with van der Waals surface area (Å²) in [7, 11) is 0.857. The summed E-state index contributed by atoms with van der Waals surface area (Å²) in [5.74, 6) is 0. The Morgan fingerprint density at radius 3 is 2.20 bits per heavy atom. The third-order valence-corrected chi connectivity index (χ3v) is 2.62. The first-order chi connectivity index (χ1) is 4.74. The van der Waals surface area contributed by atoms with Gasteiger partial charge in [0.2, 0.25) is 0 Å². The van der Waals surface area contributed by atoms with Crippen molar-refractivity contribution in [2.24, 2.45) is 0 Å². The Hall–Kier alpha value is 0.137. The first-order valence-corrected chi connectivity index (χ1v) is 4.81. The van der Waals surface area contributed by atoms with Gasteiger partial charge in [0.1, 0.15) is 10.5 Å². The number of hydrogen-bond acceptors (Lipinski definition) is 2. The molecule has 0 heterocycles. The smallest absolute Gasteiger partial charge is 0.146 e. The Bertz CT molecular complexity index is 76.0. The fraction of sp³-hybridized carbons (Fsp3) is 1.00. The largest absolute Gasteiger partial charge is 0.424 e. The topological polar surface area (TPSA) is 12.5 Å². The van der Waals surface area contributed by atoms with Gasteiger partial charge >= 0.3 is 0 Å². The minimum absolute atomic E-state index is 0.423. The van der Waals surface area contributed by atoms with Gasteiger partial charge < -0.3 is 9.33 Å². The highest BCUT2D eigenvalue weighted by Gasteiger charge is 2.03. The normalized spacial score (nSPS) is 14.4. The van der Waals surface area contributed by atoms with E-state index in [-0.39, 0.29) is 0 Å². The van der Waals surface area contributed by atoms with Crippen molar-refractivity contribution in [1.82, 2.24) is 4.90 Å². The quantitative estimate of drug-likeness (QED) is 0.527. The van der Waals surface area contributed by atoms with Gasteiger partial charge in [0, 0.05) is 6.54 Å². The van der Waals surface area contributed by atoms with Gasteiger partial charge in [-0.3, -0.25) is 0 Å². The van der Waals surface area contributed by atoms with Gasteiger partial charge in [0.05, 0.1) is 6.10 Å². The van der Waals surface area contributed by atoms with E-state index in [4.69, 9.17) is 4.43 Å². The van der Waals surface area contributed by atoms with Crippen LogP contribution in [0, 0.1) is 0 Å². The molecule has 0 aromatic carbocycles. The zero-order chi connectivity index (χ0) is 7.98. The van der Waals surface area contributed by atoms with E-state index in [0.717, 1.165) is 30.1 Å². The van der Waals surface area contributed by atoms with Crippen molar-refractivity contribution in [3.8, 4) is 0 Å². The highest BCUT2D eigenvalue weighted by atomic mass is 28.2. The maximum atomic E-state index is 5.28. The highest BCUT2D eigenvalue weighted by Crippen LogP contribution is 1.93. The Balaban J connectivity index is 3.41. The van der Waals surface area contributed by atoms with E-state index < -0.39 is 0 Å². The molecular weight excluding hydrogens is 142 g/mol. The third kappa shape index (κ3) is 4.03. The average Bonchev–Trinajstić information content (AvgIpc) is 1.99. The molecule has 0 amide bonds. The van der Waals surface area contributed by atoms with Crippen molar-refractivity contribution in [3.05, 3.63) is 0 Å². The molecule has 0 aromatic heterocycles. The predicted octanol–water partition coefficient (Wildman–Crippen LogP) is 0.0137. The lowest BCUT2D eigenvalue weighted by molar-refractivity contribution is 0.164. The van der Waals surface area contributed by atoms with Crippen LogP contribution in [0.1, 0.15) is 20.8 Å². The van der Waals surface area contributed by atoms with Gasteiger partial charge in [-0.15, -0.1) is 0 Å². The molecule has 0 bridgehead atoms. The molecule has 1 unspecified atom stereocenters. The molecule has 0 aliphatic rings. The second-order valence-corrected chi connectivity index (χ2v) is 3.00. The molecule has 0 radical (unpaired) electrons. The van der Waals surface area contributed by atoms with Gasteiger partial charge in [-0.2, -0.15) is 0 Å². The minimum atomic E-state index is 0.423. The molecule has 10 heavy (non-hydrogen) atoms. The summed E-state index contributed by atoms with van der Waals surface area (Å²) in [6.07, 6.45) is 0.423. The summed E-state index contributed by atoms with van der Waals surface area (Å²) in [4.78, 5) is 2.38. The molecule has 3 heteroatoms. The van der Waals surface area contributed by atoms with Crippen LogP contribution in [0.15, 0.2) is 0 Å². The maximum Gasteiger partial charge on any atom is 0.146 e. The first kappa shape index (κ1) is 10.1. The molecule has 0 saturated carbocycles. The zero-order valence-corrected chi connectivity index (χ0v) is 9.55. The van der Waals surface area contributed by atoms with Crippen LogP contribution in [0.4, 0.5) is 0 Å². The van der Waals surface area contributed by atoms with Crippen LogP contribution in [0.2, 0.25) is 0 Å². The van der Waals surface area contributed by atoms with Crippen molar-refractivity contribution in [2.75, 3.05) is 19.6 Å². The highest BCUT2D eigenvalue weighted by molar-refractivity contribution is 5.98. The number of hydrogen-bond donors (Lipinski definition) is 0. The van der Waals surface area contributed by atoms with E-state index >= 15 is 0 Å². The Morgan fingerprint density at radius 1 is 1.40 bits per heavy atom. The molecule has 0 aliphatic heterocycles. The first-order valence-electron chi connectivity index (χ1n) is 3.99. The van der Waals surface area contributed by atoms with Crippen molar-refractivity contribution in [1.29, 1.82) is 0 Å². The summed E-state index contributed by atoms with van der Waals surface area (Å²) in [5, 5.41) is 0. The van der Waals surface area contributed by atoms with E-state index in [0.29, 0.717) is 6.10 Å². The standard InChI is InChI=1S/C7H19NOSi/c1-4-8(5-2)6-7(3)9-10/h7H,4-6H2,1-3,10H3. The van der Waals surface area contributed by atoms with E-state index in [2.05, 4.69) is 25.7 Å². The van der Waals surface area contributed by atoms with Crippen molar-refractivity contribution in [3.63, 3.8) is 0 Å². The molecule has 0 fully saturated rings. The van der Waals surface area contributed by atoms with Crippen LogP contribution in [0.3, 0.4) is 0 Å². The lowest BCUT2D eigenvalue weighted by Crippen LogP contribution is -2.31. The van der Waals surface area contributed by atoms with Crippen molar-refractivity contribution >= 4 is 10.5 Å². The summed E-state index contributed by atoms with van der Waals surface area (Å²) in [5.41, 5.74) is 0. The molecule has 0 N–H and O–H groups in total. The maximum absolute atomic E-state index is 5.28. The second-order valence-electron chi connectivity index (χ2n) is 2.53. The van der Waals surface area contributed by atoms with Crippen molar-refractivity contribution in [2.45, 2.75) is 26.9 Å². The van der Waals surface area contributed by atoms with Crippen LogP contribution < -0.4 is 0 Å². The van der Waals surface area contributed by atoms with E-state index in [9.17, 15) is 0 Å². The molecular formula is C7H19NOSi. The Labute approximate surface area is 67.1 Å². The third-order valence-electron chi connectivity index (χ3n) is 1.81. The summed E-state index contributed by atoms with van der Waals surface area (Å²) in [6.45, 7) is 9.84. The van der Waals surface area contributed by atoms with Crippen LogP contribution in [0.25, 0.3) is 0 Å². The lowest BCUT2D eigenvalue weighted by atomic mass is 10.3. The Morgan fingerprint density at radius 2 is 1.90 bits per heavy atom. The molecule has 0 rings (SSSR count). The van der Waals surface area contributed by atoms with Crippen LogP contribution in [0.5, 0.6) is 0 Å². The fourth-order valence-electron chi connectivity index (χ4n) is 0.920. The second kappa shape index (κ2) is 5.89. The average molecular weight is 161 g/mol. The number of nitrogens with zero attached hydrogens (tertiary/aromatic N) is 1. The van der Waals surface area contributed by atoms with Crippen LogP contribution in [-0.4, -0.2) is 41.1 Å². The predicted molar refractivity (Wildman–Crippen MR) is 48.3 cm³/mol. The molecule has 0 spiro atoms. The summed E-state index contributed by atoms with van der Waals surface area (Å²) in [6, 6.07) is 0.